The van der Waals surface area contributed by atoms with E-state index in [1.54, 1.807) is 35.4 Å². The van der Waals surface area contributed by atoms with Crippen LogP contribution in [0.25, 0.3) is 6.08 Å². The first-order chi connectivity index (χ1) is 20.3. The minimum Gasteiger partial charge on any atom is -0.358 e. The predicted octanol–water partition coefficient (Wildman–Crippen LogP) is 5.72. The fourth-order valence-electron chi connectivity index (χ4n) is 6.90. The average molecular weight is 560 g/mol. The molecule has 0 bridgehead atoms. The minimum absolute atomic E-state index is 0.0137. The van der Waals surface area contributed by atoms with Gasteiger partial charge in [0.05, 0.1) is 16.9 Å². The van der Waals surface area contributed by atoms with Gasteiger partial charge in [-0.2, -0.15) is 0 Å². The van der Waals surface area contributed by atoms with E-state index in [2.05, 4.69) is 5.32 Å². The van der Waals surface area contributed by atoms with Crippen molar-refractivity contribution in [3.8, 4) is 0 Å². The van der Waals surface area contributed by atoms with E-state index in [1.807, 2.05) is 30.3 Å². The van der Waals surface area contributed by atoms with E-state index in [9.17, 15) is 28.9 Å². The molecule has 4 aromatic rings. The van der Waals surface area contributed by atoms with E-state index in [1.165, 1.54) is 48.5 Å². The smallest absolute Gasteiger partial charge is 0.270 e. The van der Waals surface area contributed by atoms with Gasteiger partial charge < -0.3 is 10.2 Å². The fourth-order valence-corrected chi connectivity index (χ4v) is 6.90. The van der Waals surface area contributed by atoms with Gasteiger partial charge in [-0.05, 0) is 53.1 Å². The Labute approximate surface area is 239 Å². The van der Waals surface area contributed by atoms with E-state index < -0.39 is 51.6 Å². The number of non-ortho nitro benzene ring substituents is 1. The van der Waals surface area contributed by atoms with Gasteiger partial charge in [0, 0.05) is 35.1 Å². The molecule has 4 aromatic carbocycles. The number of carbonyl (C=O) groups excluding carboxylic acids is 3. The highest BCUT2D eigenvalue weighted by molar-refractivity contribution is 6.16. The Kier molecular flexibility index (Phi) is 5.65. The highest BCUT2D eigenvalue weighted by atomic mass is 19.1. The molecule has 1 spiro atoms. The van der Waals surface area contributed by atoms with Crippen LogP contribution in [-0.2, 0) is 10.2 Å². The van der Waals surface area contributed by atoms with Crippen LogP contribution < -0.4 is 5.32 Å². The lowest BCUT2D eigenvalue weighted by Crippen LogP contribution is -2.49. The summed E-state index contributed by atoms with van der Waals surface area (Å²) in [4.78, 5) is 56.3. The lowest BCUT2D eigenvalue weighted by Gasteiger charge is -2.38. The Morgan fingerprint density at radius 2 is 1.62 bits per heavy atom. The number of para-hydroxylation sites is 1. The molecule has 1 amide bonds. The van der Waals surface area contributed by atoms with Crippen molar-refractivity contribution in [2.45, 2.75) is 17.5 Å². The lowest BCUT2D eigenvalue weighted by atomic mass is 9.62. The molecule has 0 aromatic heterocycles. The number of amides is 1. The number of carbonyl (C=O) groups is 3. The molecule has 42 heavy (non-hydrogen) atoms. The number of nitrogens with one attached hydrogen (secondary N) is 1. The van der Waals surface area contributed by atoms with Crippen LogP contribution in [0.4, 0.5) is 15.8 Å². The largest absolute Gasteiger partial charge is 0.358 e. The maximum Gasteiger partial charge on any atom is 0.270 e. The molecular weight excluding hydrogens is 537 g/mol. The number of rotatable bonds is 5. The number of benzene rings is 4. The number of hydrogen-bond donors (Lipinski definition) is 1. The third-order valence-corrected chi connectivity index (χ3v) is 8.59. The number of ketones is 2. The topological polar surface area (TPSA) is 110 Å². The number of fused-ring (bicyclic) bond motifs is 6. The summed E-state index contributed by atoms with van der Waals surface area (Å²) in [5.41, 5.74) is 1.03. The minimum atomic E-state index is -1.57. The van der Waals surface area contributed by atoms with Gasteiger partial charge >= 0.3 is 0 Å². The van der Waals surface area contributed by atoms with Gasteiger partial charge in [0.25, 0.3) is 5.69 Å². The Morgan fingerprint density at radius 1 is 0.881 bits per heavy atom. The van der Waals surface area contributed by atoms with Crippen molar-refractivity contribution in [1.82, 2.24) is 4.90 Å². The van der Waals surface area contributed by atoms with E-state index in [0.717, 1.165) is 11.1 Å². The second-order valence-corrected chi connectivity index (χ2v) is 10.6. The Balaban J connectivity index is 1.53. The van der Waals surface area contributed by atoms with Crippen molar-refractivity contribution in [3.05, 3.63) is 147 Å². The highest BCUT2D eigenvalue weighted by Crippen LogP contribution is 2.62. The molecule has 3 aliphatic rings. The lowest BCUT2D eigenvalue weighted by molar-refractivity contribution is -0.384. The Morgan fingerprint density at radius 3 is 2.40 bits per heavy atom. The quantitative estimate of drug-likeness (QED) is 0.190. The molecule has 0 saturated carbocycles. The number of Topliss-reactive ketones (excluding diaryl/α,β-unsaturated/α-hetero) is 2. The molecule has 206 valence electrons. The molecule has 1 N–H and O–H groups in total. The van der Waals surface area contributed by atoms with Gasteiger partial charge in [0.1, 0.15) is 17.3 Å². The van der Waals surface area contributed by atoms with Gasteiger partial charge in [0.2, 0.25) is 5.91 Å². The number of nitro benzene ring substituents is 1. The predicted molar refractivity (Wildman–Crippen MR) is 152 cm³/mol. The summed E-state index contributed by atoms with van der Waals surface area (Å²) in [6, 6.07) is 23.0. The number of anilines is 1. The van der Waals surface area contributed by atoms with Crippen LogP contribution >= 0.6 is 0 Å². The van der Waals surface area contributed by atoms with Gasteiger partial charge in [0.15, 0.2) is 11.6 Å². The Bertz CT molecular complexity index is 1850. The first kappa shape index (κ1) is 25.5. The zero-order valence-corrected chi connectivity index (χ0v) is 21.9. The third kappa shape index (κ3) is 3.49. The van der Waals surface area contributed by atoms with Crippen molar-refractivity contribution >= 4 is 34.9 Å². The molecule has 1 fully saturated rings. The SMILES string of the molecule is O=C(c1cccc([N+](=O)[O-])c1)[C@@H]1[C@H](C(=O)c2ccc(F)cc2)N2C=Cc3ccccc3[C@H]2[C@]12C(=O)Nc1ccccc12. The summed E-state index contributed by atoms with van der Waals surface area (Å²) in [7, 11) is 0. The first-order valence-electron chi connectivity index (χ1n) is 13.4. The monoisotopic (exact) mass is 559 g/mol. The van der Waals surface area contributed by atoms with Gasteiger partial charge in [-0.15, -0.1) is 0 Å². The molecule has 3 aliphatic heterocycles. The third-order valence-electron chi connectivity index (χ3n) is 8.59. The zero-order chi connectivity index (χ0) is 29.2. The second-order valence-electron chi connectivity index (χ2n) is 10.6. The summed E-state index contributed by atoms with van der Waals surface area (Å²) in [5.74, 6) is -3.30. The number of hydrogen-bond acceptors (Lipinski definition) is 6. The molecule has 1 saturated heterocycles. The zero-order valence-electron chi connectivity index (χ0n) is 21.9. The molecule has 0 unspecified atom stereocenters. The van der Waals surface area contributed by atoms with Crippen LogP contribution in [0.3, 0.4) is 0 Å². The number of nitro groups is 1. The van der Waals surface area contributed by atoms with Crippen molar-refractivity contribution in [1.29, 1.82) is 0 Å². The fraction of sp³-hybridized carbons (Fsp3) is 0.121. The molecule has 4 atom stereocenters. The number of nitrogens with zero attached hydrogens (tertiary/aromatic N) is 2. The molecule has 9 heteroatoms. The van der Waals surface area contributed by atoms with E-state index in [4.69, 9.17) is 0 Å². The number of halogens is 1. The molecule has 0 radical (unpaired) electrons. The van der Waals surface area contributed by atoms with Crippen molar-refractivity contribution < 1.29 is 23.7 Å². The summed E-state index contributed by atoms with van der Waals surface area (Å²) in [5, 5.41) is 14.6. The van der Waals surface area contributed by atoms with E-state index in [0.29, 0.717) is 11.3 Å². The summed E-state index contributed by atoms with van der Waals surface area (Å²) in [6.07, 6.45) is 3.57. The molecule has 0 aliphatic carbocycles. The molecular formula is C33H22FN3O5. The average Bonchev–Trinajstić information content (AvgIpc) is 3.49. The summed E-state index contributed by atoms with van der Waals surface area (Å²) < 4.78 is 13.9. The highest BCUT2D eigenvalue weighted by Gasteiger charge is 2.70. The molecule has 7 rings (SSSR count). The van der Waals surface area contributed by atoms with Gasteiger partial charge in [-0.3, -0.25) is 24.5 Å². The van der Waals surface area contributed by atoms with Crippen molar-refractivity contribution in [3.63, 3.8) is 0 Å². The van der Waals surface area contributed by atoms with Gasteiger partial charge in [-0.25, -0.2) is 4.39 Å². The van der Waals surface area contributed by atoms with Crippen LogP contribution in [0.1, 0.15) is 43.4 Å². The van der Waals surface area contributed by atoms with E-state index in [-0.39, 0.29) is 16.8 Å². The van der Waals surface area contributed by atoms with Crippen molar-refractivity contribution in [2.24, 2.45) is 5.92 Å². The van der Waals surface area contributed by atoms with E-state index >= 15 is 0 Å². The van der Waals surface area contributed by atoms with Crippen LogP contribution in [-0.4, -0.2) is 33.3 Å². The van der Waals surface area contributed by atoms with Crippen LogP contribution in [0.5, 0.6) is 0 Å². The van der Waals surface area contributed by atoms with Crippen molar-refractivity contribution in [2.75, 3.05) is 5.32 Å². The maximum atomic E-state index is 14.7. The standard InChI is InChI=1S/C33H22FN3O5/c34-22-14-12-20(13-15-22)30(39)28-27(29(38)21-7-5-8-23(18-21)37(41)42)33(25-10-3-4-11-26(25)35-32(33)40)31-24-9-2-1-6-19(24)16-17-36(28)31/h1-18,27-28,31H,(H,35,40)/t27-,28+,31-,33+/m0/s1. The van der Waals surface area contributed by atoms with Crippen LogP contribution in [0.2, 0.25) is 0 Å². The molecule has 3 heterocycles. The first-order valence-corrected chi connectivity index (χ1v) is 13.4. The molecule has 8 nitrogen and oxygen atoms in total. The van der Waals surface area contributed by atoms with Crippen LogP contribution in [0, 0.1) is 21.8 Å². The van der Waals surface area contributed by atoms with Crippen LogP contribution in [0.15, 0.2) is 103 Å². The normalized spacial score (nSPS) is 23.2. The summed E-state index contributed by atoms with van der Waals surface area (Å²) in [6.45, 7) is 0. The summed E-state index contributed by atoms with van der Waals surface area (Å²) >= 11 is 0. The Hall–Kier alpha value is -5.44. The second kappa shape index (κ2) is 9.31. The maximum absolute atomic E-state index is 14.7. The van der Waals surface area contributed by atoms with Gasteiger partial charge in [-0.1, -0.05) is 54.6 Å².